The quantitative estimate of drug-likeness (QED) is 0.797. The number of hydrogen-bond donors (Lipinski definition) is 1. The number of carbonyl (C=O) groups is 1. The minimum Gasteiger partial charge on any atom is -0.352 e. The van der Waals surface area contributed by atoms with Crippen molar-refractivity contribution in [2.45, 2.75) is 31.2 Å². The van der Waals surface area contributed by atoms with Crippen molar-refractivity contribution in [1.29, 1.82) is 0 Å². The molecule has 1 saturated heterocycles. The van der Waals surface area contributed by atoms with Crippen molar-refractivity contribution in [2.75, 3.05) is 13.1 Å². The van der Waals surface area contributed by atoms with Crippen LogP contribution in [0.1, 0.15) is 25.3 Å². The van der Waals surface area contributed by atoms with Crippen LogP contribution < -0.4 is 5.32 Å². The minimum atomic E-state index is -3.69. The summed E-state index contributed by atoms with van der Waals surface area (Å²) < 4.78 is 40.0. The van der Waals surface area contributed by atoms with Gasteiger partial charge < -0.3 is 5.32 Å². The summed E-state index contributed by atoms with van der Waals surface area (Å²) in [7, 11) is -3.69. The van der Waals surface area contributed by atoms with E-state index in [0.717, 1.165) is 5.56 Å². The number of amides is 1. The molecule has 1 heterocycles. The SMILES string of the molecule is CC1(C(=O)NCc2ccc(F)cc2)CCN(S(=O)(=O)c2ccccc2Cl)CC1. The first-order valence-electron chi connectivity index (χ1n) is 9.00. The summed E-state index contributed by atoms with van der Waals surface area (Å²) in [6, 6.07) is 12.3. The smallest absolute Gasteiger partial charge is 0.244 e. The highest BCUT2D eigenvalue weighted by molar-refractivity contribution is 7.89. The van der Waals surface area contributed by atoms with Gasteiger partial charge >= 0.3 is 0 Å². The van der Waals surface area contributed by atoms with Crippen LogP contribution in [0.2, 0.25) is 5.02 Å². The number of carbonyl (C=O) groups excluding carboxylic acids is 1. The number of nitrogens with zero attached hydrogens (tertiary/aromatic N) is 1. The predicted molar refractivity (Wildman–Crippen MR) is 106 cm³/mol. The van der Waals surface area contributed by atoms with Gasteiger partial charge in [0, 0.05) is 25.0 Å². The summed E-state index contributed by atoms with van der Waals surface area (Å²) in [5, 5.41) is 3.06. The van der Waals surface area contributed by atoms with E-state index in [1.165, 1.54) is 22.5 Å². The Bertz CT molecular complexity index is 956. The lowest BCUT2D eigenvalue weighted by molar-refractivity contribution is -0.132. The van der Waals surface area contributed by atoms with E-state index in [4.69, 9.17) is 11.6 Å². The van der Waals surface area contributed by atoms with Crippen molar-refractivity contribution < 1.29 is 17.6 Å². The second kappa shape index (κ2) is 8.19. The van der Waals surface area contributed by atoms with E-state index < -0.39 is 15.4 Å². The number of hydrogen-bond acceptors (Lipinski definition) is 3. The lowest BCUT2D eigenvalue weighted by Crippen LogP contribution is -2.48. The number of benzene rings is 2. The Hall–Kier alpha value is -1.96. The summed E-state index contributed by atoms with van der Waals surface area (Å²) in [5.74, 6) is -0.458. The zero-order chi connectivity index (χ0) is 20.4. The van der Waals surface area contributed by atoms with Gasteiger partial charge in [0.05, 0.1) is 5.02 Å². The Kier molecular flexibility index (Phi) is 6.07. The van der Waals surface area contributed by atoms with Gasteiger partial charge in [0.1, 0.15) is 10.7 Å². The van der Waals surface area contributed by atoms with Gasteiger partial charge in [-0.05, 0) is 42.7 Å². The Labute approximate surface area is 169 Å². The van der Waals surface area contributed by atoms with Crippen molar-refractivity contribution in [3.8, 4) is 0 Å². The van der Waals surface area contributed by atoms with E-state index in [1.807, 2.05) is 6.92 Å². The molecule has 28 heavy (non-hydrogen) atoms. The molecule has 1 aliphatic rings. The molecule has 0 radical (unpaired) electrons. The zero-order valence-corrected chi connectivity index (χ0v) is 17.1. The first-order chi connectivity index (χ1) is 13.2. The highest BCUT2D eigenvalue weighted by atomic mass is 35.5. The van der Waals surface area contributed by atoms with Crippen LogP contribution in [0.4, 0.5) is 4.39 Å². The molecule has 1 aliphatic heterocycles. The maximum atomic E-state index is 13.0. The Morgan fingerprint density at radius 3 is 2.36 bits per heavy atom. The van der Waals surface area contributed by atoms with Crippen LogP contribution >= 0.6 is 11.6 Å². The number of nitrogens with one attached hydrogen (secondary N) is 1. The standard InChI is InChI=1S/C20H22ClFN2O3S/c1-20(19(25)23-14-15-6-8-16(22)9-7-15)10-12-24(13-11-20)28(26,27)18-5-3-2-4-17(18)21/h2-9H,10-14H2,1H3,(H,23,25). The fourth-order valence-electron chi connectivity index (χ4n) is 3.24. The fourth-order valence-corrected chi connectivity index (χ4v) is 5.17. The fraction of sp³-hybridized carbons (Fsp3) is 0.350. The highest BCUT2D eigenvalue weighted by Crippen LogP contribution is 2.34. The molecule has 5 nitrogen and oxygen atoms in total. The topological polar surface area (TPSA) is 66.5 Å². The molecule has 0 spiro atoms. The summed E-state index contributed by atoms with van der Waals surface area (Å²) in [6.45, 7) is 2.63. The van der Waals surface area contributed by atoms with Crippen LogP contribution in [0.15, 0.2) is 53.4 Å². The third-order valence-electron chi connectivity index (χ3n) is 5.19. The summed E-state index contributed by atoms with van der Waals surface area (Å²) in [4.78, 5) is 12.8. The van der Waals surface area contributed by atoms with E-state index in [9.17, 15) is 17.6 Å². The third kappa shape index (κ3) is 4.37. The van der Waals surface area contributed by atoms with E-state index in [2.05, 4.69) is 5.32 Å². The first kappa shape index (κ1) is 20.8. The van der Waals surface area contributed by atoms with Gasteiger partial charge in [-0.25, -0.2) is 12.8 Å². The molecular formula is C20H22ClFN2O3S. The molecule has 8 heteroatoms. The predicted octanol–water partition coefficient (Wildman–Crippen LogP) is 3.59. The molecule has 0 aliphatic carbocycles. The van der Waals surface area contributed by atoms with E-state index >= 15 is 0 Å². The molecule has 0 saturated carbocycles. The Balaban J connectivity index is 1.62. The number of sulfonamides is 1. The lowest BCUT2D eigenvalue weighted by Gasteiger charge is -2.37. The second-order valence-corrected chi connectivity index (χ2v) is 9.52. The van der Waals surface area contributed by atoms with Gasteiger partial charge in [-0.15, -0.1) is 0 Å². The van der Waals surface area contributed by atoms with Gasteiger partial charge in [0.2, 0.25) is 15.9 Å². The van der Waals surface area contributed by atoms with Gasteiger partial charge in [0.25, 0.3) is 0 Å². The van der Waals surface area contributed by atoms with E-state index in [1.54, 1.807) is 30.3 Å². The molecule has 2 aromatic carbocycles. The minimum absolute atomic E-state index is 0.0843. The van der Waals surface area contributed by atoms with Crippen molar-refractivity contribution >= 4 is 27.5 Å². The van der Waals surface area contributed by atoms with Gasteiger partial charge in [-0.3, -0.25) is 4.79 Å². The third-order valence-corrected chi connectivity index (χ3v) is 7.59. The molecule has 2 aromatic rings. The second-order valence-electron chi connectivity index (χ2n) is 7.20. The molecule has 0 bridgehead atoms. The lowest BCUT2D eigenvalue weighted by atomic mass is 9.80. The summed E-state index contributed by atoms with van der Waals surface area (Å²) in [5.41, 5.74) is 0.143. The van der Waals surface area contributed by atoms with Gasteiger partial charge in [0.15, 0.2) is 0 Å². The summed E-state index contributed by atoms with van der Waals surface area (Å²) in [6.07, 6.45) is 0.817. The van der Waals surface area contributed by atoms with Gasteiger partial charge in [-0.1, -0.05) is 42.8 Å². The van der Waals surface area contributed by atoms with Crippen LogP contribution in [0.25, 0.3) is 0 Å². The average molecular weight is 425 g/mol. The molecule has 1 amide bonds. The Morgan fingerprint density at radius 1 is 1.14 bits per heavy atom. The monoisotopic (exact) mass is 424 g/mol. The molecule has 3 rings (SSSR count). The van der Waals surface area contributed by atoms with Crippen LogP contribution in [0.3, 0.4) is 0 Å². The Morgan fingerprint density at radius 2 is 1.75 bits per heavy atom. The van der Waals surface area contributed by atoms with E-state index in [-0.39, 0.29) is 34.7 Å². The number of piperidine rings is 1. The molecular weight excluding hydrogens is 403 g/mol. The molecule has 1 N–H and O–H groups in total. The van der Waals surface area contributed by atoms with Crippen molar-refractivity contribution in [3.63, 3.8) is 0 Å². The van der Waals surface area contributed by atoms with Gasteiger partial charge in [-0.2, -0.15) is 4.31 Å². The summed E-state index contributed by atoms with van der Waals surface area (Å²) >= 11 is 6.05. The van der Waals surface area contributed by atoms with E-state index in [0.29, 0.717) is 19.4 Å². The average Bonchev–Trinajstić information content (AvgIpc) is 2.68. The number of rotatable bonds is 5. The highest BCUT2D eigenvalue weighted by Gasteiger charge is 2.40. The van der Waals surface area contributed by atoms with Crippen LogP contribution in [-0.4, -0.2) is 31.7 Å². The van der Waals surface area contributed by atoms with Crippen LogP contribution in [0.5, 0.6) is 0 Å². The normalized spacial score (nSPS) is 17.2. The van der Waals surface area contributed by atoms with Crippen molar-refractivity contribution in [3.05, 3.63) is 64.9 Å². The largest absolute Gasteiger partial charge is 0.352 e. The molecule has 0 atom stereocenters. The first-order valence-corrected chi connectivity index (χ1v) is 10.8. The maximum absolute atomic E-state index is 13.0. The molecule has 0 unspecified atom stereocenters. The van der Waals surface area contributed by atoms with Crippen molar-refractivity contribution in [1.82, 2.24) is 9.62 Å². The molecule has 150 valence electrons. The zero-order valence-electron chi connectivity index (χ0n) is 15.5. The van der Waals surface area contributed by atoms with Crippen LogP contribution in [-0.2, 0) is 21.4 Å². The van der Waals surface area contributed by atoms with Crippen molar-refractivity contribution in [2.24, 2.45) is 5.41 Å². The van der Waals surface area contributed by atoms with Crippen LogP contribution in [0, 0.1) is 11.2 Å². The number of halogens is 2. The molecule has 1 fully saturated rings. The maximum Gasteiger partial charge on any atom is 0.244 e. The molecule has 0 aromatic heterocycles.